The van der Waals surface area contributed by atoms with Gasteiger partial charge in [0.15, 0.2) is 5.96 Å². The third-order valence-electron chi connectivity index (χ3n) is 2.85. The number of guanidine groups is 1. The molecule has 0 unspecified atom stereocenters. The molecule has 0 saturated heterocycles. The first kappa shape index (κ1) is 18.3. The average Bonchev–Trinajstić information content (AvgIpc) is 2.99. The minimum absolute atomic E-state index is 0. The monoisotopic (exact) mass is 422 g/mol. The van der Waals surface area contributed by atoms with E-state index >= 15 is 0 Å². The van der Waals surface area contributed by atoms with E-state index in [1.54, 1.807) is 13.1 Å². The van der Waals surface area contributed by atoms with Crippen LogP contribution in [0.2, 0.25) is 0 Å². The Bertz CT molecular complexity index is 605. The normalized spacial score (nSPS) is 11.0. The van der Waals surface area contributed by atoms with E-state index in [1.165, 1.54) is 12.3 Å². The molecule has 0 radical (unpaired) electrons. The standard InChI is InChI=1S/C14H16F2N4O.HI/c1-17-14(19-9-12-5-7-21-20-12)18-6-4-10-8-11(15)2-3-13(10)16;/h2-3,5,7-8H,4,6,9H2,1H3,(H2,17,18,19);1H. The van der Waals surface area contributed by atoms with Gasteiger partial charge in [0.1, 0.15) is 23.6 Å². The van der Waals surface area contributed by atoms with E-state index < -0.39 is 11.6 Å². The van der Waals surface area contributed by atoms with Gasteiger partial charge in [-0.05, 0) is 30.2 Å². The first-order chi connectivity index (χ1) is 10.2. The van der Waals surface area contributed by atoms with Crippen LogP contribution in [0, 0.1) is 11.6 Å². The number of rotatable bonds is 5. The summed E-state index contributed by atoms with van der Waals surface area (Å²) in [4.78, 5) is 4.03. The molecule has 0 fully saturated rings. The van der Waals surface area contributed by atoms with Gasteiger partial charge in [0, 0.05) is 19.7 Å². The molecular formula is C14H17F2IN4O. The van der Waals surface area contributed by atoms with Gasteiger partial charge in [0.05, 0.1) is 6.54 Å². The van der Waals surface area contributed by atoms with Crippen molar-refractivity contribution in [2.75, 3.05) is 13.6 Å². The van der Waals surface area contributed by atoms with E-state index in [2.05, 4.69) is 20.8 Å². The molecule has 2 rings (SSSR count). The third kappa shape index (κ3) is 5.58. The van der Waals surface area contributed by atoms with Crippen molar-refractivity contribution < 1.29 is 13.3 Å². The molecule has 0 aliphatic carbocycles. The van der Waals surface area contributed by atoms with Crippen LogP contribution in [0.1, 0.15) is 11.3 Å². The molecule has 0 bridgehead atoms. The van der Waals surface area contributed by atoms with Crippen molar-refractivity contribution >= 4 is 29.9 Å². The first-order valence-corrected chi connectivity index (χ1v) is 6.46. The lowest BCUT2D eigenvalue weighted by Crippen LogP contribution is -2.38. The number of nitrogens with one attached hydrogen (secondary N) is 2. The van der Waals surface area contributed by atoms with Crippen molar-refractivity contribution in [3.05, 3.63) is 53.4 Å². The Kier molecular flexibility index (Phi) is 7.78. The Morgan fingerprint density at radius 3 is 2.77 bits per heavy atom. The molecule has 0 amide bonds. The minimum Gasteiger partial charge on any atom is -0.364 e. The molecule has 1 aromatic heterocycles. The van der Waals surface area contributed by atoms with Crippen LogP contribution in [-0.4, -0.2) is 24.7 Å². The number of nitrogens with zero attached hydrogens (tertiary/aromatic N) is 2. The van der Waals surface area contributed by atoms with Crippen molar-refractivity contribution in [1.29, 1.82) is 0 Å². The molecule has 1 aromatic carbocycles. The molecule has 5 nitrogen and oxygen atoms in total. The van der Waals surface area contributed by atoms with Gasteiger partial charge in [-0.15, -0.1) is 24.0 Å². The van der Waals surface area contributed by atoms with Crippen LogP contribution >= 0.6 is 24.0 Å². The van der Waals surface area contributed by atoms with Crippen LogP contribution in [0.5, 0.6) is 0 Å². The van der Waals surface area contributed by atoms with Gasteiger partial charge in [-0.3, -0.25) is 4.99 Å². The molecular weight excluding hydrogens is 405 g/mol. The number of aromatic nitrogens is 1. The second kappa shape index (κ2) is 9.34. The van der Waals surface area contributed by atoms with Crippen LogP contribution < -0.4 is 10.6 Å². The van der Waals surface area contributed by atoms with Crippen LogP contribution in [0.4, 0.5) is 8.78 Å². The zero-order valence-corrected chi connectivity index (χ0v) is 14.3. The molecule has 22 heavy (non-hydrogen) atoms. The Hall–Kier alpha value is -1.71. The molecule has 2 N–H and O–H groups in total. The highest BCUT2D eigenvalue weighted by Crippen LogP contribution is 2.09. The summed E-state index contributed by atoms with van der Waals surface area (Å²) in [7, 11) is 1.63. The summed E-state index contributed by atoms with van der Waals surface area (Å²) >= 11 is 0. The van der Waals surface area contributed by atoms with Gasteiger partial charge in [-0.25, -0.2) is 8.78 Å². The quantitative estimate of drug-likeness (QED) is 0.442. The molecule has 8 heteroatoms. The maximum Gasteiger partial charge on any atom is 0.191 e. The second-order valence-corrected chi connectivity index (χ2v) is 4.33. The van der Waals surface area contributed by atoms with Gasteiger partial charge >= 0.3 is 0 Å². The third-order valence-corrected chi connectivity index (χ3v) is 2.85. The fraction of sp³-hybridized carbons (Fsp3) is 0.286. The zero-order valence-electron chi connectivity index (χ0n) is 12.0. The van der Waals surface area contributed by atoms with Crippen LogP contribution in [0.25, 0.3) is 0 Å². The summed E-state index contributed by atoms with van der Waals surface area (Å²) in [5, 5.41) is 9.81. The summed E-state index contributed by atoms with van der Waals surface area (Å²) in [6.07, 6.45) is 1.84. The molecule has 1 heterocycles. The number of aliphatic imine (C=N–C) groups is 1. The highest BCUT2D eigenvalue weighted by molar-refractivity contribution is 14.0. The van der Waals surface area contributed by atoms with Crippen molar-refractivity contribution in [1.82, 2.24) is 15.8 Å². The van der Waals surface area contributed by atoms with E-state index in [9.17, 15) is 8.78 Å². The predicted molar refractivity (Wildman–Crippen MR) is 90.2 cm³/mol. The summed E-state index contributed by atoms with van der Waals surface area (Å²) < 4.78 is 31.2. The lowest BCUT2D eigenvalue weighted by molar-refractivity contribution is 0.410. The van der Waals surface area contributed by atoms with E-state index in [0.717, 1.165) is 17.8 Å². The molecule has 0 saturated carbocycles. The van der Waals surface area contributed by atoms with Crippen LogP contribution in [-0.2, 0) is 13.0 Å². The molecule has 120 valence electrons. The summed E-state index contributed by atoms with van der Waals surface area (Å²) in [6, 6.07) is 5.16. The highest BCUT2D eigenvalue weighted by Gasteiger charge is 2.05. The Morgan fingerprint density at radius 1 is 1.27 bits per heavy atom. The van der Waals surface area contributed by atoms with E-state index in [4.69, 9.17) is 4.52 Å². The Labute approximate surface area is 144 Å². The summed E-state index contributed by atoms with van der Waals surface area (Å²) in [5.41, 5.74) is 1.07. The molecule has 0 atom stereocenters. The second-order valence-electron chi connectivity index (χ2n) is 4.33. The minimum atomic E-state index is -0.445. The van der Waals surface area contributed by atoms with Crippen LogP contribution in [0.3, 0.4) is 0 Å². The van der Waals surface area contributed by atoms with Crippen molar-refractivity contribution in [3.8, 4) is 0 Å². The summed E-state index contributed by atoms with van der Waals surface area (Å²) in [6.45, 7) is 0.892. The van der Waals surface area contributed by atoms with Crippen LogP contribution in [0.15, 0.2) is 40.0 Å². The summed E-state index contributed by atoms with van der Waals surface area (Å²) in [5.74, 6) is -0.307. The number of hydrogen-bond acceptors (Lipinski definition) is 3. The van der Waals surface area contributed by atoms with Gasteiger partial charge in [-0.1, -0.05) is 5.16 Å². The SMILES string of the molecule is CN=C(NCCc1cc(F)ccc1F)NCc1ccon1.I. The lowest BCUT2D eigenvalue weighted by Gasteiger charge is -2.11. The zero-order chi connectivity index (χ0) is 15.1. The average molecular weight is 422 g/mol. The largest absolute Gasteiger partial charge is 0.364 e. The molecule has 0 aliphatic rings. The topological polar surface area (TPSA) is 62.5 Å². The van der Waals surface area contributed by atoms with Gasteiger partial charge in [-0.2, -0.15) is 0 Å². The number of hydrogen-bond donors (Lipinski definition) is 2. The Morgan fingerprint density at radius 2 is 2.09 bits per heavy atom. The molecule has 0 spiro atoms. The Balaban J connectivity index is 0.00000242. The van der Waals surface area contributed by atoms with Crippen molar-refractivity contribution in [2.24, 2.45) is 4.99 Å². The lowest BCUT2D eigenvalue weighted by atomic mass is 10.1. The van der Waals surface area contributed by atoms with E-state index in [-0.39, 0.29) is 24.0 Å². The highest BCUT2D eigenvalue weighted by atomic mass is 127. The van der Waals surface area contributed by atoms with Gasteiger partial charge in [0.25, 0.3) is 0 Å². The van der Waals surface area contributed by atoms with E-state index in [1.807, 2.05) is 0 Å². The molecule has 2 aromatic rings. The van der Waals surface area contributed by atoms with Gasteiger partial charge in [0.2, 0.25) is 0 Å². The number of halogens is 3. The first-order valence-electron chi connectivity index (χ1n) is 6.46. The predicted octanol–water partition coefficient (Wildman–Crippen LogP) is 2.48. The van der Waals surface area contributed by atoms with Gasteiger partial charge < -0.3 is 15.2 Å². The smallest absolute Gasteiger partial charge is 0.191 e. The number of benzene rings is 1. The molecule has 0 aliphatic heterocycles. The fourth-order valence-electron chi connectivity index (χ4n) is 1.77. The fourth-order valence-corrected chi connectivity index (χ4v) is 1.77. The maximum atomic E-state index is 13.5. The van der Waals surface area contributed by atoms with Crippen molar-refractivity contribution in [2.45, 2.75) is 13.0 Å². The van der Waals surface area contributed by atoms with E-state index in [0.29, 0.717) is 31.0 Å². The van der Waals surface area contributed by atoms with Crippen molar-refractivity contribution in [3.63, 3.8) is 0 Å². The maximum absolute atomic E-state index is 13.5.